The molecule has 1 aromatic heterocycles. The zero-order chi connectivity index (χ0) is 33.8. The van der Waals surface area contributed by atoms with E-state index in [1.54, 1.807) is 74.5 Å². The highest BCUT2D eigenvalue weighted by molar-refractivity contribution is 5.96. The second-order valence-electron chi connectivity index (χ2n) is 10.3. The number of nitrogens with zero attached hydrogens (tertiary/aromatic N) is 4. The fourth-order valence-corrected chi connectivity index (χ4v) is 4.76. The Hall–Kier alpha value is -5.44. The Morgan fingerprint density at radius 2 is 1.53 bits per heavy atom. The summed E-state index contributed by atoms with van der Waals surface area (Å²) < 4.78 is 17.5. The number of benzene rings is 2. The number of piperazine rings is 1. The van der Waals surface area contributed by atoms with Crippen molar-refractivity contribution in [1.29, 1.82) is 0 Å². The van der Waals surface area contributed by atoms with E-state index in [9.17, 15) is 29.1 Å². The normalized spacial score (nSPS) is 14.4. The monoisotopic (exact) mass is 651 g/mol. The van der Waals surface area contributed by atoms with E-state index >= 15 is 0 Å². The van der Waals surface area contributed by atoms with Crippen LogP contribution < -0.4 is 10.1 Å². The van der Waals surface area contributed by atoms with E-state index in [-0.39, 0.29) is 63.8 Å². The van der Waals surface area contributed by atoms with E-state index in [0.717, 1.165) is 0 Å². The average Bonchev–Trinajstić information content (AvgIpc) is 3.50. The van der Waals surface area contributed by atoms with E-state index in [2.05, 4.69) is 10.4 Å². The van der Waals surface area contributed by atoms with Crippen molar-refractivity contribution in [1.82, 2.24) is 25.1 Å². The number of nitrogens with one attached hydrogen (secondary N) is 1. The van der Waals surface area contributed by atoms with Crippen LogP contribution in [-0.4, -0.2) is 100 Å². The fraction of sp³-hybridized carbons (Fsp3) is 0.375. The highest BCUT2D eigenvalue weighted by Gasteiger charge is 2.32. The van der Waals surface area contributed by atoms with E-state index < -0.39 is 42.1 Å². The Morgan fingerprint density at radius 3 is 2.15 bits per heavy atom. The molecular formula is C32H37N5O10. The van der Waals surface area contributed by atoms with Crippen molar-refractivity contribution in [2.45, 2.75) is 38.8 Å². The molecule has 1 unspecified atom stereocenters. The van der Waals surface area contributed by atoms with Gasteiger partial charge in [0.15, 0.2) is 5.69 Å². The van der Waals surface area contributed by atoms with Gasteiger partial charge in [0.1, 0.15) is 6.04 Å². The predicted molar refractivity (Wildman–Crippen MR) is 164 cm³/mol. The predicted octanol–water partition coefficient (Wildman–Crippen LogP) is 2.75. The number of carboxylic acid groups (broad SMARTS) is 1. The van der Waals surface area contributed by atoms with Gasteiger partial charge in [-0.2, -0.15) is 5.10 Å². The number of carboxylic acids is 1. The van der Waals surface area contributed by atoms with E-state index in [0.29, 0.717) is 11.3 Å². The van der Waals surface area contributed by atoms with Crippen LogP contribution in [-0.2, 0) is 28.7 Å². The van der Waals surface area contributed by atoms with E-state index in [4.69, 9.17) is 19.0 Å². The van der Waals surface area contributed by atoms with Crippen LogP contribution in [0.4, 0.5) is 4.79 Å². The van der Waals surface area contributed by atoms with Crippen LogP contribution in [0.2, 0.25) is 0 Å². The summed E-state index contributed by atoms with van der Waals surface area (Å²) in [5.74, 6) is -2.99. The van der Waals surface area contributed by atoms with Crippen molar-refractivity contribution < 1.29 is 48.1 Å². The van der Waals surface area contributed by atoms with Crippen LogP contribution in [0.5, 0.6) is 5.88 Å². The van der Waals surface area contributed by atoms with Gasteiger partial charge in [0.05, 0.1) is 32.0 Å². The minimum atomic E-state index is -1.20. The quantitative estimate of drug-likeness (QED) is 0.244. The SMILES string of the molecule is CCOC(=O)ON1CCN(C(=O)C(CCC(=O)O)NC(=O)c2cc(O[C@H](C(=O)OCC)c3ccccc3)n(-c3ccccc3)n2)CC1. The number of amides is 2. The number of hydroxylamine groups is 2. The minimum absolute atomic E-state index is 0.0504. The molecule has 15 nitrogen and oxygen atoms in total. The van der Waals surface area contributed by atoms with Crippen molar-refractivity contribution in [3.8, 4) is 11.6 Å². The zero-order valence-electron chi connectivity index (χ0n) is 26.1. The van der Waals surface area contributed by atoms with Crippen molar-refractivity contribution >= 4 is 29.9 Å². The number of hydrogen-bond donors (Lipinski definition) is 2. The molecule has 15 heteroatoms. The molecule has 47 heavy (non-hydrogen) atoms. The Labute approximate surface area is 270 Å². The van der Waals surface area contributed by atoms with Gasteiger partial charge in [0.25, 0.3) is 5.91 Å². The highest BCUT2D eigenvalue weighted by atomic mass is 16.8. The molecule has 4 rings (SSSR count). The molecule has 250 valence electrons. The van der Waals surface area contributed by atoms with Gasteiger partial charge in [-0.1, -0.05) is 48.5 Å². The standard InChI is InChI=1S/C32H37N5O10/c1-3-44-31(42)28(22-11-7-5-8-12-22)46-26-21-25(34-37(26)23-13-9-6-10-14-23)29(40)33-24(15-16-27(38)39)30(41)35-17-19-36(20-18-35)47-32(43)45-4-2/h5-14,21,24,28H,3-4,15-20H2,1-2H3,(H,33,40)(H,38,39)/t24?,28-/m0/s1. The lowest BCUT2D eigenvalue weighted by Gasteiger charge is -2.35. The Kier molecular flexibility index (Phi) is 12.3. The molecule has 0 radical (unpaired) electrons. The van der Waals surface area contributed by atoms with Crippen LogP contribution in [0.3, 0.4) is 0 Å². The molecule has 2 atom stereocenters. The summed E-state index contributed by atoms with van der Waals surface area (Å²) in [6.07, 6.45) is -2.59. The molecule has 1 aliphatic rings. The van der Waals surface area contributed by atoms with Crippen LogP contribution in [0.1, 0.15) is 48.8 Å². The Bertz CT molecular complexity index is 1520. The summed E-state index contributed by atoms with van der Waals surface area (Å²) in [5, 5.41) is 17.7. The zero-order valence-corrected chi connectivity index (χ0v) is 26.1. The molecule has 0 aliphatic carbocycles. The molecule has 0 spiro atoms. The van der Waals surface area contributed by atoms with Gasteiger partial charge in [-0.3, -0.25) is 14.4 Å². The number of aromatic nitrogens is 2. The number of para-hydroxylation sites is 1. The largest absolute Gasteiger partial charge is 0.527 e. The summed E-state index contributed by atoms with van der Waals surface area (Å²) in [5.41, 5.74) is 0.906. The molecule has 1 aliphatic heterocycles. The van der Waals surface area contributed by atoms with Gasteiger partial charge >= 0.3 is 18.1 Å². The lowest BCUT2D eigenvalue weighted by Crippen LogP contribution is -2.55. The maximum atomic E-state index is 13.6. The van der Waals surface area contributed by atoms with Gasteiger partial charge in [-0.05, 0) is 32.4 Å². The van der Waals surface area contributed by atoms with Gasteiger partial charge in [0.2, 0.25) is 17.9 Å². The second kappa shape index (κ2) is 16.7. The second-order valence-corrected chi connectivity index (χ2v) is 10.3. The summed E-state index contributed by atoms with van der Waals surface area (Å²) in [4.78, 5) is 69.6. The minimum Gasteiger partial charge on any atom is -0.481 e. The number of carbonyl (C=O) groups excluding carboxylic acids is 4. The molecule has 2 heterocycles. The van der Waals surface area contributed by atoms with Crippen LogP contribution in [0.15, 0.2) is 66.7 Å². The fourth-order valence-electron chi connectivity index (χ4n) is 4.76. The first-order valence-electron chi connectivity index (χ1n) is 15.1. The van der Waals surface area contributed by atoms with Crippen LogP contribution >= 0.6 is 0 Å². The number of carbonyl (C=O) groups is 5. The number of aliphatic carboxylic acids is 1. The first kappa shape index (κ1) is 34.4. The lowest BCUT2D eigenvalue weighted by molar-refractivity contribution is -0.157. The third-order valence-electron chi connectivity index (χ3n) is 7.02. The Morgan fingerprint density at radius 1 is 0.894 bits per heavy atom. The number of rotatable bonds is 14. The van der Waals surface area contributed by atoms with Gasteiger partial charge in [-0.25, -0.2) is 14.3 Å². The molecule has 0 bridgehead atoms. The van der Waals surface area contributed by atoms with E-state index in [1.807, 2.05) is 0 Å². The van der Waals surface area contributed by atoms with Gasteiger partial charge in [-0.15, -0.1) is 5.06 Å². The molecule has 1 saturated heterocycles. The van der Waals surface area contributed by atoms with Crippen LogP contribution in [0, 0.1) is 0 Å². The first-order valence-corrected chi connectivity index (χ1v) is 15.1. The molecule has 2 aromatic carbocycles. The number of ether oxygens (including phenoxy) is 3. The summed E-state index contributed by atoms with van der Waals surface area (Å²) in [6, 6.07) is 17.6. The highest BCUT2D eigenvalue weighted by Crippen LogP contribution is 2.27. The summed E-state index contributed by atoms with van der Waals surface area (Å²) >= 11 is 0. The molecule has 3 aromatic rings. The van der Waals surface area contributed by atoms with Crippen LogP contribution in [0.25, 0.3) is 5.69 Å². The molecule has 0 saturated carbocycles. The van der Waals surface area contributed by atoms with Crippen molar-refractivity contribution in [2.24, 2.45) is 0 Å². The maximum Gasteiger partial charge on any atom is 0.527 e. The summed E-state index contributed by atoms with van der Waals surface area (Å²) in [6.45, 7) is 4.30. The average molecular weight is 652 g/mol. The first-order chi connectivity index (χ1) is 22.7. The maximum absolute atomic E-state index is 13.6. The smallest absolute Gasteiger partial charge is 0.481 e. The molecule has 1 fully saturated rings. The Balaban J connectivity index is 1.56. The van der Waals surface area contributed by atoms with Gasteiger partial charge < -0.3 is 34.4 Å². The summed E-state index contributed by atoms with van der Waals surface area (Å²) in [7, 11) is 0. The van der Waals surface area contributed by atoms with Crippen molar-refractivity contribution in [3.05, 3.63) is 78.0 Å². The molecule has 2 N–H and O–H groups in total. The lowest BCUT2D eigenvalue weighted by atomic mass is 10.1. The third-order valence-corrected chi connectivity index (χ3v) is 7.02. The number of esters is 1. The topological polar surface area (TPSA) is 179 Å². The van der Waals surface area contributed by atoms with E-state index in [1.165, 1.54) is 20.7 Å². The number of hydrogen-bond acceptors (Lipinski definition) is 11. The van der Waals surface area contributed by atoms with Crippen molar-refractivity contribution in [3.63, 3.8) is 0 Å². The third kappa shape index (κ3) is 9.53. The van der Waals surface area contributed by atoms with Gasteiger partial charge in [0, 0.05) is 31.1 Å². The molecule has 2 amide bonds. The molecular weight excluding hydrogens is 614 g/mol. The van der Waals surface area contributed by atoms with Crippen molar-refractivity contribution in [2.75, 3.05) is 39.4 Å².